The summed E-state index contributed by atoms with van der Waals surface area (Å²) in [4.78, 5) is 28.9. The molecule has 35 heavy (non-hydrogen) atoms. The van der Waals surface area contributed by atoms with Crippen LogP contribution in [0.5, 0.6) is 0 Å². The maximum Gasteiger partial charge on any atom is 0.243 e. The maximum atomic E-state index is 13.7. The molecule has 1 unspecified atom stereocenters. The van der Waals surface area contributed by atoms with Gasteiger partial charge in [0.1, 0.15) is 6.04 Å². The highest BCUT2D eigenvalue weighted by Crippen LogP contribution is 2.24. The topological polar surface area (TPSA) is 49.4 Å². The number of nitrogens with zero attached hydrogens (tertiary/aromatic N) is 1. The van der Waals surface area contributed by atoms with Crippen LogP contribution in [-0.4, -0.2) is 29.3 Å². The second-order valence-corrected chi connectivity index (χ2v) is 9.62. The molecule has 0 bridgehead atoms. The van der Waals surface area contributed by atoms with Crippen molar-refractivity contribution >= 4 is 35.0 Å². The van der Waals surface area contributed by atoms with Gasteiger partial charge in [-0.3, -0.25) is 9.59 Å². The van der Waals surface area contributed by atoms with E-state index in [9.17, 15) is 9.59 Å². The van der Waals surface area contributed by atoms with Crippen molar-refractivity contribution in [2.45, 2.75) is 52.1 Å². The smallest absolute Gasteiger partial charge is 0.243 e. The molecule has 0 aliphatic carbocycles. The average molecular weight is 511 g/mol. The summed E-state index contributed by atoms with van der Waals surface area (Å²) >= 11 is 12.6. The van der Waals surface area contributed by atoms with Crippen LogP contribution >= 0.6 is 23.2 Å². The number of aryl methyl sites for hydroxylation is 1. The Morgan fingerprint density at radius 3 is 2.37 bits per heavy atom. The van der Waals surface area contributed by atoms with Gasteiger partial charge >= 0.3 is 0 Å². The van der Waals surface area contributed by atoms with Gasteiger partial charge in [0.05, 0.1) is 6.42 Å². The molecule has 0 radical (unpaired) electrons. The maximum absolute atomic E-state index is 13.7. The van der Waals surface area contributed by atoms with E-state index in [1.165, 1.54) is 0 Å². The summed E-state index contributed by atoms with van der Waals surface area (Å²) in [7, 11) is 0. The Bertz CT molecular complexity index is 1130. The first-order chi connectivity index (χ1) is 16.9. The zero-order valence-corrected chi connectivity index (χ0v) is 21.8. The fourth-order valence-electron chi connectivity index (χ4n) is 3.99. The Morgan fingerprint density at radius 2 is 1.69 bits per heavy atom. The van der Waals surface area contributed by atoms with Gasteiger partial charge in [0, 0.05) is 29.6 Å². The zero-order valence-electron chi connectivity index (χ0n) is 20.3. The molecule has 0 fully saturated rings. The number of hydrogen-bond donors (Lipinski definition) is 1. The van der Waals surface area contributed by atoms with Crippen LogP contribution in [0.25, 0.3) is 0 Å². The molecule has 0 spiro atoms. The molecular formula is C29H32Cl2N2O2. The molecule has 2 amide bonds. The van der Waals surface area contributed by atoms with E-state index in [2.05, 4.69) is 12.2 Å². The third-order valence-corrected chi connectivity index (χ3v) is 6.48. The molecule has 1 N–H and O–H groups in total. The molecule has 3 aromatic rings. The highest BCUT2D eigenvalue weighted by atomic mass is 35.5. The van der Waals surface area contributed by atoms with Crippen molar-refractivity contribution in [3.05, 3.63) is 105 Å². The van der Waals surface area contributed by atoms with Crippen LogP contribution in [0.3, 0.4) is 0 Å². The number of carbonyl (C=O) groups excluding carboxylic acids is 2. The monoisotopic (exact) mass is 510 g/mol. The van der Waals surface area contributed by atoms with Crippen LogP contribution in [-0.2, 0) is 29.0 Å². The fraction of sp³-hybridized carbons (Fsp3) is 0.310. The second-order valence-electron chi connectivity index (χ2n) is 8.77. The Labute approximate surface area is 218 Å². The molecule has 3 aromatic carbocycles. The minimum atomic E-state index is -0.682. The van der Waals surface area contributed by atoms with Crippen LogP contribution < -0.4 is 5.32 Å². The largest absolute Gasteiger partial charge is 0.354 e. The molecule has 4 nitrogen and oxygen atoms in total. The Morgan fingerprint density at radius 1 is 0.943 bits per heavy atom. The van der Waals surface area contributed by atoms with Crippen molar-refractivity contribution < 1.29 is 9.59 Å². The van der Waals surface area contributed by atoms with Crippen LogP contribution in [0.1, 0.15) is 42.0 Å². The molecule has 0 aliphatic heterocycles. The van der Waals surface area contributed by atoms with Crippen molar-refractivity contribution in [2.75, 3.05) is 6.54 Å². The van der Waals surface area contributed by atoms with Gasteiger partial charge in [-0.1, -0.05) is 103 Å². The molecule has 0 aromatic heterocycles. The zero-order chi connectivity index (χ0) is 25.2. The number of unbranched alkanes of at least 4 members (excludes halogenated alkanes) is 1. The number of benzene rings is 3. The van der Waals surface area contributed by atoms with E-state index in [-0.39, 0.29) is 24.8 Å². The molecule has 1 atom stereocenters. The van der Waals surface area contributed by atoms with Crippen molar-refractivity contribution in [3.8, 4) is 0 Å². The number of hydrogen-bond acceptors (Lipinski definition) is 2. The number of rotatable bonds is 11. The van der Waals surface area contributed by atoms with Gasteiger partial charge in [-0.25, -0.2) is 0 Å². The third kappa shape index (κ3) is 8.12. The molecular weight excluding hydrogens is 479 g/mol. The Kier molecular flexibility index (Phi) is 10.2. The van der Waals surface area contributed by atoms with E-state index in [0.717, 1.165) is 35.1 Å². The highest BCUT2D eigenvalue weighted by Gasteiger charge is 2.30. The molecule has 0 saturated heterocycles. The lowest BCUT2D eigenvalue weighted by atomic mass is 10.0. The van der Waals surface area contributed by atoms with Crippen LogP contribution in [0.4, 0.5) is 0 Å². The highest BCUT2D eigenvalue weighted by molar-refractivity contribution is 6.35. The lowest BCUT2D eigenvalue weighted by Gasteiger charge is -2.32. The van der Waals surface area contributed by atoms with Crippen molar-refractivity contribution in [1.29, 1.82) is 0 Å². The standard InChI is InChI=1S/C29H32Cl2N2O2/c1-3-4-15-32-29(35)27(17-22-10-6-5-7-11-22)33(20-24-13-14-25(30)19-26(24)31)28(34)18-23-12-8-9-21(2)16-23/h5-14,16,19,27H,3-4,15,17-18,20H2,1-2H3,(H,32,35). The van der Waals surface area contributed by atoms with E-state index < -0.39 is 6.04 Å². The van der Waals surface area contributed by atoms with Gasteiger partial charge in [0.2, 0.25) is 11.8 Å². The van der Waals surface area contributed by atoms with Gasteiger partial charge in [-0.05, 0) is 42.2 Å². The molecule has 0 aliphatic rings. The third-order valence-electron chi connectivity index (χ3n) is 5.89. The molecule has 0 heterocycles. The lowest BCUT2D eigenvalue weighted by Crippen LogP contribution is -2.51. The quantitative estimate of drug-likeness (QED) is 0.303. The number of amides is 2. The second kappa shape index (κ2) is 13.3. The Balaban J connectivity index is 1.97. The van der Waals surface area contributed by atoms with Gasteiger partial charge in [0.15, 0.2) is 0 Å². The summed E-state index contributed by atoms with van der Waals surface area (Å²) in [5.74, 6) is -0.293. The summed E-state index contributed by atoms with van der Waals surface area (Å²) in [6.07, 6.45) is 2.45. The van der Waals surface area contributed by atoms with Crippen LogP contribution in [0.2, 0.25) is 10.0 Å². The lowest BCUT2D eigenvalue weighted by molar-refractivity contribution is -0.140. The van der Waals surface area contributed by atoms with Gasteiger partial charge < -0.3 is 10.2 Å². The van der Waals surface area contributed by atoms with Crippen LogP contribution in [0.15, 0.2) is 72.8 Å². The van der Waals surface area contributed by atoms with E-state index in [0.29, 0.717) is 23.0 Å². The van der Waals surface area contributed by atoms with E-state index in [1.807, 2.05) is 67.6 Å². The summed E-state index contributed by atoms with van der Waals surface area (Å²) < 4.78 is 0. The summed E-state index contributed by atoms with van der Waals surface area (Å²) in [5, 5.41) is 4.03. The van der Waals surface area contributed by atoms with E-state index in [1.54, 1.807) is 17.0 Å². The average Bonchev–Trinajstić information content (AvgIpc) is 2.83. The predicted molar refractivity (Wildman–Crippen MR) is 144 cm³/mol. The van der Waals surface area contributed by atoms with Crippen LogP contribution in [0, 0.1) is 6.92 Å². The first-order valence-electron chi connectivity index (χ1n) is 12.0. The fourth-order valence-corrected chi connectivity index (χ4v) is 4.46. The summed E-state index contributed by atoms with van der Waals surface area (Å²) in [6.45, 7) is 4.86. The summed E-state index contributed by atoms with van der Waals surface area (Å²) in [6, 6.07) is 22.2. The number of nitrogens with one attached hydrogen (secondary N) is 1. The minimum Gasteiger partial charge on any atom is -0.354 e. The molecule has 6 heteroatoms. The minimum absolute atomic E-state index is 0.131. The van der Waals surface area contributed by atoms with Gasteiger partial charge in [-0.15, -0.1) is 0 Å². The normalized spacial score (nSPS) is 11.7. The molecule has 184 valence electrons. The SMILES string of the molecule is CCCCNC(=O)C(Cc1ccccc1)N(Cc1ccc(Cl)cc1Cl)C(=O)Cc1cccc(C)c1. The first-order valence-corrected chi connectivity index (χ1v) is 12.7. The number of halogens is 2. The van der Waals surface area contributed by atoms with Crippen molar-refractivity contribution in [2.24, 2.45) is 0 Å². The number of carbonyl (C=O) groups is 2. The molecule has 3 rings (SSSR count). The van der Waals surface area contributed by atoms with E-state index in [4.69, 9.17) is 23.2 Å². The van der Waals surface area contributed by atoms with Gasteiger partial charge in [-0.2, -0.15) is 0 Å². The first kappa shape index (κ1) is 26.8. The van der Waals surface area contributed by atoms with E-state index >= 15 is 0 Å². The predicted octanol–water partition coefficient (Wildman–Crippen LogP) is 6.40. The van der Waals surface area contributed by atoms with Crippen molar-refractivity contribution in [1.82, 2.24) is 10.2 Å². The van der Waals surface area contributed by atoms with Gasteiger partial charge in [0.25, 0.3) is 0 Å². The summed E-state index contributed by atoms with van der Waals surface area (Å²) in [5.41, 5.74) is 3.72. The molecule has 0 saturated carbocycles. The van der Waals surface area contributed by atoms with Crippen molar-refractivity contribution in [3.63, 3.8) is 0 Å². The Hall–Kier alpha value is -2.82.